The zero-order valence-electron chi connectivity index (χ0n) is 16.0. The highest BCUT2D eigenvalue weighted by Gasteiger charge is 2.29. The Morgan fingerprint density at radius 2 is 2.24 bits per heavy atom. The van der Waals surface area contributed by atoms with E-state index in [1.54, 1.807) is 22.7 Å². The molecule has 0 bridgehead atoms. The van der Waals surface area contributed by atoms with Crippen molar-refractivity contribution < 1.29 is 14.3 Å². The van der Waals surface area contributed by atoms with Crippen LogP contribution in [0.5, 0.6) is 0 Å². The van der Waals surface area contributed by atoms with Gasteiger partial charge in [0.15, 0.2) is 0 Å². The number of benzene rings is 1. The van der Waals surface area contributed by atoms with Crippen LogP contribution in [-0.4, -0.2) is 52.6 Å². The lowest BCUT2D eigenvalue weighted by molar-refractivity contribution is -0.130. The van der Waals surface area contributed by atoms with Crippen LogP contribution in [0.1, 0.15) is 28.0 Å². The first kappa shape index (κ1) is 19.7. The SMILES string of the molecule is N#C[C@@H]1CSCN1C(=O)Cc1cc(C(N)=O)c2cc(C[C@@H]3CCOC3)ccc2n1. The predicted molar refractivity (Wildman–Crippen MR) is 110 cm³/mol. The first-order valence-corrected chi connectivity index (χ1v) is 10.8. The number of nitriles is 1. The van der Waals surface area contributed by atoms with Crippen molar-refractivity contribution in [3.8, 4) is 6.07 Å². The van der Waals surface area contributed by atoms with Crippen LogP contribution in [0, 0.1) is 17.2 Å². The lowest BCUT2D eigenvalue weighted by Gasteiger charge is -2.18. The third-order valence-electron chi connectivity index (χ3n) is 5.42. The van der Waals surface area contributed by atoms with E-state index >= 15 is 0 Å². The van der Waals surface area contributed by atoms with Crippen molar-refractivity contribution in [2.75, 3.05) is 24.8 Å². The van der Waals surface area contributed by atoms with Gasteiger partial charge in [0.1, 0.15) is 6.04 Å². The quantitative estimate of drug-likeness (QED) is 0.806. The fourth-order valence-corrected chi connectivity index (χ4v) is 4.98. The molecule has 0 radical (unpaired) electrons. The molecule has 1 aromatic heterocycles. The Kier molecular flexibility index (Phi) is 5.69. The molecule has 2 amide bonds. The van der Waals surface area contributed by atoms with Gasteiger partial charge < -0.3 is 15.4 Å². The maximum atomic E-state index is 12.6. The number of rotatable bonds is 5. The molecule has 2 N–H and O–H groups in total. The van der Waals surface area contributed by atoms with Gasteiger partial charge in [-0.05, 0) is 42.5 Å². The Morgan fingerprint density at radius 3 is 2.97 bits per heavy atom. The van der Waals surface area contributed by atoms with Gasteiger partial charge in [0.2, 0.25) is 11.8 Å². The standard InChI is InChI=1S/C21H22N4O3S/c22-9-16-11-29-12-25(16)20(26)8-15-7-18(21(23)27)17-6-13(1-2-19(17)24-15)5-14-3-4-28-10-14/h1-2,6-7,14,16H,3-5,8,10-12H2,(H2,23,27)/t14-,16+/m0/s1. The summed E-state index contributed by atoms with van der Waals surface area (Å²) in [5.41, 5.74) is 8.25. The summed E-state index contributed by atoms with van der Waals surface area (Å²) in [6.45, 7) is 1.56. The van der Waals surface area contributed by atoms with Crippen molar-refractivity contribution in [2.45, 2.75) is 25.3 Å². The van der Waals surface area contributed by atoms with E-state index in [1.807, 2.05) is 18.2 Å². The van der Waals surface area contributed by atoms with Crippen LogP contribution in [0.3, 0.4) is 0 Å². The number of primary amides is 1. The van der Waals surface area contributed by atoms with Crippen molar-refractivity contribution in [2.24, 2.45) is 11.7 Å². The minimum Gasteiger partial charge on any atom is -0.381 e. The molecule has 29 heavy (non-hydrogen) atoms. The zero-order valence-corrected chi connectivity index (χ0v) is 16.8. The van der Waals surface area contributed by atoms with Crippen LogP contribution in [-0.2, 0) is 22.4 Å². The summed E-state index contributed by atoms with van der Waals surface area (Å²) in [5, 5.41) is 9.90. The molecule has 150 valence electrons. The van der Waals surface area contributed by atoms with Gasteiger partial charge in [0.05, 0.1) is 35.1 Å². The fourth-order valence-electron chi connectivity index (χ4n) is 3.88. The van der Waals surface area contributed by atoms with Gasteiger partial charge in [0, 0.05) is 24.4 Å². The summed E-state index contributed by atoms with van der Waals surface area (Å²) in [6.07, 6.45) is 1.96. The molecule has 2 atom stereocenters. The van der Waals surface area contributed by atoms with E-state index in [2.05, 4.69) is 11.1 Å². The third-order valence-corrected chi connectivity index (χ3v) is 6.44. The van der Waals surface area contributed by atoms with Gasteiger partial charge in [0.25, 0.3) is 0 Å². The average molecular weight is 410 g/mol. The molecule has 7 nitrogen and oxygen atoms in total. The van der Waals surface area contributed by atoms with Crippen molar-refractivity contribution in [1.82, 2.24) is 9.88 Å². The van der Waals surface area contributed by atoms with Crippen LogP contribution in [0.25, 0.3) is 10.9 Å². The van der Waals surface area contributed by atoms with Gasteiger partial charge in [-0.15, -0.1) is 11.8 Å². The molecule has 2 aromatic rings. The lowest BCUT2D eigenvalue weighted by Crippen LogP contribution is -2.36. The van der Waals surface area contributed by atoms with Crippen LogP contribution in [0.15, 0.2) is 24.3 Å². The molecule has 2 aliphatic rings. The Balaban J connectivity index is 1.61. The normalized spacial score (nSPS) is 21.4. The number of aromatic nitrogens is 1. The van der Waals surface area contributed by atoms with Crippen molar-refractivity contribution in [1.29, 1.82) is 5.26 Å². The van der Waals surface area contributed by atoms with Gasteiger partial charge >= 0.3 is 0 Å². The number of amides is 2. The third kappa shape index (κ3) is 4.21. The second-order valence-corrected chi connectivity index (χ2v) is 8.50. The van der Waals surface area contributed by atoms with E-state index < -0.39 is 11.9 Å². The molecule has 0 unspecified atom stereocenters. The molecular formula is C21H22N4O3S. The molecule has 0 saturated carbocycles. The van der Waals surface area contributed by atoms with Gasteiger partial charge in [-0.1, -0.05) is 6.07 Å². The maximum Gasteiger partial charge on any atom is 0.249 e. The van der Waals surface area contributed by atoms with E-state index in [9.17, 15) is 14.9 Å². The van der Waals surface area contributed by atoms with E-state index in [0.717, 1.165) is 31.6 Å². The number of pyridine rings is 1. The largest absolute Gasteiger partial charge is 0.381 e. The smallest absolute Gasteiger partial charge is 0.249 e. The number of carbonyl (C=O) groups is 2. The Hall–Kier alpha value is -2.63. The summed E-state index contributed by atoms with van der Waals surface area (Å²) in [6, 6.07) is 9.21. The molecule has 0 spiro atoms. The summed E-state index contributed by atoms with van der Waals surface area (Å²) < 4.78 is 5.45. The summed E-state index contributed by atoms with van der Waals surface area (Å²) in [4.78, 5) is 30.9. The number of fused-ring (bicyclic) bond motifs is 1. The second-order valence-electron chi connectivity index (χ2n) is 7.50. The van der Waals surface area contributed by atoms with Crippen molar-refractivity contribution in [3.05, 3.63) is 41.1 Å². The number of carbonyl (C=O) groups excluding carboxylic acids is 2. The molecule has 4 rings (SSSR count). The number of hydrogen-bond donors (Lipinski definition) is 1. The number of ether oxygens (including phenoxy) is 1. The Labute approximate surface area is 173 Å². The molecule has 2 fully saturated rings. The highest BCUT2D eigenvalue weighted by molar-refractivity contribution is 7.99. The van der Waals surface area contributed by atoms with Crippen LogP contribution in [0.4, 0.5) is 0 Å². The highest BCUT2D eigenvalue weighted by atomic mass is 32.2. The first-order valence-electron chi connectivity index (χ1n) is 9.62. The van der Waals surface area contributed by atoms with Crippen molar-refractivity contribution >= 4 is 34.5 Å². The Bertz CT molecular complexity index is 997. The summed E-state index contributed by atoms with van der Waals surface area (Å²) >= 11 is 1.56. The van der Waals surface area contributed by atoms with Gasteiger partial charge in [-0.25, -0.2) is 0 Å². The molecule has 2 aliphatic heterocycles. The number of thioether (sulfide) groups is 1. The number of nitrogens with two attached hydrogens (primary N) is 1. The fraction of sp³-hybridized carbons (Fsp3) is 0.429. The van der Waals surface area contributed by atoms with Crippen LogP contribution < -0.4 is 5.73 Å². The zero-order chi connectivity index (χ0) is 20.4. The van der Waals surface area contributed by atoms with Crippen molar-refractivity contribution in [3.63, 3.8) is 0 Å². The minimum absolute atomic E-state index is 0.0378. The Morgan fingerprint density at radius 1 is 1.38 bits per heavy atom. The topological polar surface area (TPSA) is 109 Å². The van der Waals surface area contributed by atoms with Gasteiger partial charge in [-0.3, -0.25) is 14.6 Å². The molecular weight excluding hydrogens is 388 g/mol. The number of nitrogens with zero attached hydrogens (tertiary/aromatic N) is 3. The van der Waals surface area contributed by atoms with Gasteiger partial charge in [-0.2, -0.15) is 5.26 Å². The summed E-state index contributed by atoms with van der Waals surface area (Å²) in [5.74, 6) is 0.900. The maximum absolute atomic E-state index is 12.6. The first-order chi connectivity index (χ1) is 14.0. The number of hydrogen-bond acceptors (Lipinski definition) is 6. The van der Waals surface area contributed by atoms with Crippen LogP contribution in [0.2, 0.25) is 0 Å². The van der Waals surface area contributed by atoms with E-state index in [4.69, 9.17) is 10.5 Å². The average Bonchev–Trinajstić information content (AvgIpc) is 3.39. The molecule has 0 aliphatic carbocycles. The monoisotopic (exact) mass is 410 g/mol. The highest BCUT2D eigenvalue weighted by Crippen LogP contribution is 2.25. The molecule has 8 heteroatoms. The lowest BCUT2D eigenvalue weighted by atomic mass is 9.96. The predicted octanol–water partition coefficient (Wildman–Crippen LogP) is 1.88. The second kappa shape index (κ2) is 8.39. The van der Waals surface area contributed by atoms with E-state index in [0.29, 0.717) is 39.7 Å². The van der Waals surface area contributed by atoms with Crippen LogP contribution >= 0.6 is 11.8 Å². The minimum atomic E-state index is -0.543. The van der Waals surface area contributed by atoms with E-state index in [-0.39, 0.29) is 12.3 Å². The molecule has 1 aromatic carbocycles. The molecule has 2 saturated heterocycles. The molecule has 3 heterocycles. The summed E-state index contributed by atoms with van der Waals surface area (Å²) in [7, 11) is 0. The van der Waals surface area contributed by atoms with E-state index in [1.165, 1.54) is 0 Å².